The molecule has 0 N–H and O–H groups in total. The smallest absolute Gasteiger partial charge is 0.338 e. The van der Waals surface area contributed by atoms with Gasteiger partial charge in [0.05, 0.1) is 5.56 Å². The summed E-state index contributed by atoms with van der Waals surface area (Å²) in [5, 5.41) is 0. The highest BCUT2D eigenvalue weighted by Crippen LogP contribution is 2.20. The van der Waals surface area contributed by atoms with Crippen LogP contribution in [0.15, 0.2) is 30.3 Å². The van der Waals surface area contributed by atoms with E-state index in [4.69, 9.17) is 4.74 Å². The van der Waals surface area contributed by atoms with E-state index in [1.165, 1.54) is 38.5 Å². The van der Waals surface area contributed by atoms with Crippen molar-refractivity contribution in [3.05, 3.63) is 35.9 Å². The Morgan fingerprint density at radius 1 is 0.889 bits per heavy atom. The molecule has 0 spiro atoms. The molecule has 1 aromatic carbocycles. The number of hydrogen-bond donors (Lipinski definition) is 0. The molecular formula is C16H22O2. The van der Waals surface area contributed by atoms with Crippen LogP contribution in [0, 0.1) is 0 Å². The summed E-state index contributed by atoms with van der Waals surface area (Å²) >= 11 is 0. The quantitative estimate of drug-likeness (QED) is 0.725. The van der Waals surface area contributed by atoms with Gasteiger partial charge in [-0.1, -0.05) is 43.9 Å². The van der Waals surface area contributed by atoms with Crippen molar-refractivity contribution < 1.29 is 9.53 Å². The topological polar surface area (TPSA) is 26.3 Å². The summed E-state index contributed by atoms with van der Waals surface area (Å²) in [6, 6.07) is 9.30. The molecule has 0 heterocycles. The third-order valence-electron chi connectivity index (χ3n) is 3.59. The summed E-state index contributed by atoms with van der Waals surface area (Å²) < 4.78 is 5.63. The Bertz CT molecular complexity index is 349. The van der Waals surface area contributed by atoms with Gasteiger partial charge in [-0.2, -0.15) is 0 Å². The van der Waals surface area contributed by atoms with Gasteiger partial charge in [-0.25, -0.2) is 4.79 Å². The molecule has 0 bridgehead atoms. The van der Waals surface area contributed by atoms with Gasteiger partial charge in [-0.15, -0.1) is 0 Å². The highest BCUT2D eigenvalue weighted by molar-refractivity contribution is 5.89. The van der Waals surface area contributed by atoms with Crippen LogP contribution < -0.4 is 0 Å². The summed E-state index contributed by atoms with van der Waals surface area (Å²) in [7, 11) is 0. The predicted octanol–water partition coefficient (Wildman–Crippen LogP) is 4.35. The monoisotopic (exact) mass is 246 g/mol. The van der Waals surface area contributed by atoms with Crippen LogP contribution in [-0.2, 0) is 4.74 Å². The number of rotatable bonds is 2. The number of carbonyl (C=O) groups excluding carboxylic acids is 1. The lowest BCUT2D eigenvalue weighted by Crippen LogP contribution is -2.18. The van der Waals surface area contributed by atoms with Crippen molar-refractivity contribution in [3.8, 4) is 0 Å². The third-order valence-corrected chi connectivity index (χ3v) is 3.59. The minimum Gasteiger partial charge on any atom is -0.459 e. The van der Waals surface area contributed by atoms with E-state index >= 15 is 0 Å². The zero-order valence-electron chi connectivity index (χ0n) is 10.9. The van der Waals surface area contributed by atoms with Crippen LogP contribution in [0.3, 0.4) is 0 Å². The maximum absolute atomic E-state index is 12.0. The number of esters is 1. The highest BCUT2D eigenvalue weighted by atomic mass is 16.5. The van der Waals surface area contributed by atoms with Gasteiger partial charge in [0.15, 0.2) is 0 Å². The maximum Gasteiger partial charge on any atom is 0.338 e. The number of hydrogen-bond acceptors (Lipinski definition) is 2. The highest BCUT2D eigenvalue weighted by Gasteiger charge is 2.16. The van der Waals surface area contributed by atoms with E-state index in [1.54, 1.807) is 0 Å². The molecule has 0 radical (unpaired) electrons. The second-order valence-corrected chi connectivity index (χ2v) is 5.09. The molecule has 2 nitrogen and oxygen atoms in total. The van der Waals surface area contributed by atoms with Gasteiger partial charge in [-0.05, 0) is 37.8 Å². The van der Waals surface area contributed by atoms with Crippen molar-refractivity contribution in [2.24, 2.45) is 0 Å². The van der Waals surface area contributed by atoms with Crippen molar-refractivity contribution in [3.63, 3.8) is 0 Å². The lowest BCUT2D eigenvalue weighted by molar-refractivity contribution is 0.0253. The van der Waals surface area contributed by atoms with E-state index < -0.39 is 0 Å². The predicted molar refractivity (Wildman–Crippen MR) is 72.6 cm³/mol. The zero-order chi connectivity index (χ0) is 12.6. The van der Waals surface area contributed by atoms with Gasteiger partial charge in [0.25, 0.3) is 0 Å². The molecule has 0 aliphatic heterocycles. The van der Waals surface area contributed by atoms with Crippen LogP contribution in [-0.4, -0.2) is 12.1 Å². The first-order valence-electron chi connectivity index (χ1n) is 7.12. The number of ether oxygens (including phenoxy) is 1. The van der Waals surface area contributed by atoms with Crippen LogP contribution in [0.2, 0.25) is 0 Å². The normalized spacial score (nSPS) is 18.4. The summed E-state index contributed by atoms with van der Waals surface area (Å²) in [5.41, 5.74) is 0.664. The fraction of sp³-hybridized carbons (Fsp3) is 0.562. The van der Waals surface area contributed by atoms with E-state index in [2.05, 4.69) is 0 Å². The average molecular weight is 246 g/mol. The Morgan fingerprint density at radius 2 is 1.44 bits per heavy atom. The number of benzene rings is 1. The molecule has 1 fully saturated rings. The zero-order valence-corrected chi connectivity index (χ0v) is 10.9. The molecule has 2 rings (SSSR count). The van der Waals surface area contributed by atoms with Crippen molar-refractivity contribution in [2.75, 3.05) is 0 Å². The molecule has 0 saturated heterocycles. The molecule has 1 saturated carbocycles. The lowest BCUT2D eigenvalue weighted by Gasteiger charge is -2.17. The van der Waals surface area contributed by atoms with E-state index in [0.29, 0.717) is 5.56 Å². The summed E-state index contributed by atoms with van der Waals surface area (Å²) in [5.74, 6) is -0.167. The van der Waals surface area contributed by atoms with E-state index in [-0.39, 0.29) is 12.1 Å². The molecule has 98 valence electrons. The first-order chi connectivity index (χ1) is 8.86. The van der Waals surface area contributed by atoms with Crippen molar-refractivity contribution in [1.29, 1.82) is 0 Å². The Labute approximate surface area is 109 Å². The molecule has 18 heavy (non-hydrogen) atoms. The minimum absolute atomic E-state index is 0.121. The first kappa shape index (κ1) is 13.1. The molecule has 0 unspecified atom stereocenters. The van der Waals surface area contributed by atoms with E-state index in [0.717, 1.165) is 12.8 Å². The molecule has 0 atom stereocenters. The Morgan fingerprint density at radius 3 is 2.06 bits per heavy atom. The lowest BCUT2D eigenvalue weighted by atomic mass is 10.1. The van der Waals surface area contributed by atoms with Crippen LogP contribution in [0.1, 0.15) is 61.7 Å². The molecular weight excluding hydrogens is 224 g/mol. The second-order valence-electron chi connectivity index (χ2n) is 5.09. The molecule has 2 heteroatoms. The fourth-order valence-electron chi connectivity index (χ4n) is 2.51. The van der Waals surface area contributed by atoms with Crippen molar-refractivity contribution in [2.45, 2.75) is 57.5 Å². The van der Waals surface area contributed by atoms with Gasteiger partial charge in [0, 0.05) is 0 Å². The first-order valence-corrected chi connectivity index (χ1v) is 7.12. The van der Waals surface area contributed by atoms with E-state index in [1.807, 2.05) is 30.3 Å². The van der Waals surface area contributed by atoms with Crippen LogP contribution in [0.5, 0.6) is 0 Å². The standard InChI is InChI=1S/C16H22O2/c17-16(14-10-6-5-7-11-14)18-15-12-8-3-1-2-4-9-13-15/h5-7,10-11,15H,1-4,8-9,12-13H2. The third kappa shape index (κ3) is 4.17. The second kappa shape index (κ2) is 7.20. The van der Waals surface area contributed by atoms with Gasteiger partial charge in [0.2, 0.25) is 0 Å². The summed E-state index contributed by atoms with van der Waals surface area (Å²) in [4.78, 5) is 12.0. The van der Waals surface area contributed by atoms with Crippen molar-refractivity contribution >= 4 is 5.97 Å². The van der Waals surface area contributed by atoms with Crippen molar-refractivity contribution in [1.82, 2.24) is 0 Å². The Kier molecular flexibility index (Phi) is 5.25. The number of carbonyl (C=O) groups is 1. The largest absolute Gasteiger partial charge is 0.459 e. The van der Waals surface area contributed by atoms with E-state index in [9.17, 15) is 4.79 Å². The molecule has 0 aromatic heterocycles. The molecule has 1 aliphatic rings. The minimum atomic E-state index is -0.167. The van der Waals surface area contributed by atoms with Gasteiger partial charge in [-0.3, -0.25) is 0 Å². The van der Waals surface area contributed by atoms with Gasteiger partial charge in [0.1, 0.15) is 6.10 Å². The van der Waals surface area contributed by atoms with Crippen LogP contribution in [0.25, 0.3) is 0 Å². The fourth-order valence-corrected chi connectivity index (χ4v) is 2.51. The Balaban J connectivity index is 1.88. The molecule has 1 aliphatic carbocycles. The van der Waals surface area contributed by atoms with Gasteiger partial charge < -0.3 is 4.74 Å². The summed E-state index contributed by atoms with van der Waals surface area (Å²) in [6.45, 7) is 0. The average Bonchev–Trinajstić information content (AvgIpc) is 2.54. The molecule has 1 aromatic rings. The van der Waals surface area contributed by atoms with Crippen LogP contribution >= 0.6 is 0 Å². The van der Waals surface area contributed by atoms with Gasteiger partial charge >= 0.3 is 5.97 Å². The maximum atomic E-state index is 12.0. The SMILES string of the molecule is O=C(OC1CCCCCCCC1)c1ccccc1. The van der Waals surface area contributed by atoms with Crippen LogP contribution in [0.4, 0.5) is 0 Å². The summed E-state index contributed by atoms with van der Waals surface area (Å²) in [6.07, 6.45) is 9.77. The molecule has 0 amide bonds. The Hall–Kier alpha value is -1.31.